The fourth-order valence-corrected chi connectivity index (χ4v) is 2.52. The lowest BCUT2D eigenvalue weighted by Crippen LogP contribution is -2.38. The van der Waals surface area contributed by atoms with E-state index >= 15 is 0 Å². The van der Waals surface area contributed by atoms with Gasteiger partial charge in [0, 0.05) is 5.73 Å². The van der Waals surface area contributed by atoms with Crippen LogP contribution in [0.5, 0.6) is 0 Å². The lowest BCUT2D eigenvalue weighted by Gasteiger charge is -2.25. The Morgan fingerprint density at radius 3 is 2.20 bits per heavy atom. The molecule has 0 amide bonds. The molecule has 0 spiro atoms. The largest absolute Gasteiger partial charge is 0.397 e. The van der Waals surface area contributed by atoms with Crippen LogP contribution in [0.4, 0.5) is 0 Å². The van der Waals surface area contributed by atoms with Crippen LogP contribution in [-0.2, 0) is 0 Å². The van der Waals surface area contributed by atoms with Crippen molar-refractivity contribution in [2.75, 3.05) is 0 Å². The highest BCUT2D eigenvalue weighted by atomic mass is 28.3. The highest BCUT2D eigenvalue weighted by molar-refractivity contribution is 6.78. The molecule has 0 aromatic carbocycles. The molecule has 1 nitrogen and oxygen atoms in total. The molecule has 0 heterocycles. The number of aliphatic hydroxyl groups is 1. The van der Waals surface area contributed by atoms with Gasteiger partial charge in [0.05, 0.1) is 8.07 Å². The van der Waals surface area contributed by atoms with Gasteiger partial charge in [0.1, 0.15) is 0 Å². The first-order valence-electron chi connectivity index (χ1n) is 4.18. The molecule has 1 N–H and O–H groups in total. The fraction of sp³-hybridized carbons (Fsp3) is 1.00. The normalized spacial score (nSPS) is 15.3. The first kappa shape index (κ1) is 10.2. The van der Waals surface area contributed by atoms with Gasteiger partial charge >= 0.3 is 0 Å². The van der Waals surface area contributed by atoms with Crippen molar-refractivity contribution < 1.29 is 5.11 Å². The van der Waals surface area contributed by atoms with E-state index in [-0.39, 0.29) is 5.73 Å². The number of hydrogen-bond acceptors (Lipinski definition) is 1. The minimum atomic E-state index is -1.25. The van der Waals surface area contributed by atoms with E-state index in [2.05, 4.69) is 20.0 Å². The first-order chi connectivity index (χ1) is 4.50. The minimum absolute atomic E-state index is 0.0425. The molecule has 0 aliphatic heterocycles. The topological polar surface area (TPSA) is 20.2 Å². The minimum Gasteiger partial charge on any atom is -0.397 e. The second-order valence-corrected chi connectivity index (χ2v) is 9.08. The summed E-state index contributed by atoms with van der Waals surface area (Å²) in [5, 5.41) is 9.37. The summed E-state index contributed by atoms with van der Waals surface area (Å²) in [6.07, 6.45) is 2.53. The zero-order valence-electron chi connectivity index (χ0n) is 7.65. The Morgan fingerprint density at radius 2 is 1.90 bits per heavy atom. The molecular formula is C8H20OSi. The third kappa shape index (κ3) is 3.37. The maximum atomic E-state index is 9.37. The maximum absolute atomic E-state index is 9.37. The Kier molecular flexibility index (Phi) is 4.21. The molecule has 0 aliphatic carbocycles. The van der Waals surface area contributed by atoms with Gasteiger partial charge in [-0.05, 0) is 6.92 Å². The number of aliphatic hydroxyl groups excluding tert-OH is 1. The Balaban J connectivity index is 3.63. The average Bonchev–Trinajstić information content (AvgIpc) is 1.84. The van der Waals surface area contributed by atoms with Crippen molar-refractivity contribution in [1.29, 1.82) is 0 Å². The van der Waals surface area contributed by atoms with Crippen LogP contribution in [-0.4, -0.2) is 18.9 Å². The van der Waals surface area contributed by atoms with Crippen LogP contribution in [0.3, 0.4) is 0 Å². The second kappa shape index (κ2) is 4.14. The van der Waals surface area contributed by atoms with Gasteiger partial charge in [0.25, 0.3) is 0 Å². The fourth-order valence-electron chi connectivity index (χ4n) is 0.841. The molecule has 62 valence electrons. The molecular weight excluding hydrogens is 140 g/mol. The summed E-state index contributed by atoms with van der Waals surface area (Å²) in [6, 6.07) is 1.27. The summed E-state index contributed by atoms with van der Waals surface area (Å²) in [4.78, 5) is 0. The summed E-state index contributed by atoms with van der Waals surface area (Å²) in [7, 11) is -1.25. The number of hydrogen-bond donors (Lipinski definition) is 1. The molecule has 0 bridgehead atoms. The van der Waals surface area contributed by atoms with E-state index in [1.807, 2.05) is 6.92 Å². The highest BCUT2D eigenvalue weighted by Crippen LogP contribution is 2.16. The van der Waals surface area contributed by atoms with Crippen molar-refractivity contribution in [3.63, 3.8) is 0 Å². The molecule has 0 radical (unpaired) electrons. The third-order valence-electron chi connectivity index (χ3n) is 2.31. The van der Waals surface area contributed by atoms with E-state index in [0.717, 1.165) is 0 Å². The van der Waals surface area contributed by atoms with Crippen molar-refractivity contribution >= 4 is 8.07 Å². The van der Waals surface area contributed by atoms with E-state index in [4.69, 9.17) is 0 Å². The molecule has 1 unspecified atom stereocenters. The zero-order valence-corrected chi connectivity index (χ0v) is 8.65. The van der Waals surface area contributed by atoms with Crippen molar-refractivity contribution in [3.8, 4) is 0 Å². The van der Waals surface area contributed by atoms with E-state index in [0.29, 0.717) is 0 Å². The van der Waals surface area contributed by atoms with Crippen LogP contribution < -0.4 is 0 Å². The van der Waals surface area contributed by atoms with Crippen LogP contribution >= 0.6 is 0 Å². The van der Waals surface area contributed by atoms with Crippen molar-refractivity contribution in [3.05, 3.63) is 0 Å². The maximum Gasteiger partial charge on any atom is 0.0808 e. The third-order valence-corrected chi connectivity index (χ3v) is 6.21. The van der Waals surface area contributed by atoms with Gasteiger partial charge in [0.15, 0.2) is 0 Å². The Labute approximate surface area is 65.5 Å². The average molecular weight is 160 g/mol. The van der Waals surface area contributed by atoms with Crippen LogP contribution in [0.25, 0.3) is 0 Å². The van der Waals surface area contributed by atoms with E-state index in [1.165, 1.54) is 18.9 Å². The summed E-state index contributed by atoms with van der Waals surface area (Å²) < 4.78 is 0. The van der Waals surface area contributed by atoms with E-state index in [1.54, 1.807) is 0 Å². The van der Waals surface area contributed by atoms with Gasteiger partial charge in [-0.1, -0.05) is 38.9 Å². The first-order valence-corrected chi connectivity index (χ1v) is 7.47. The van der Waals surface area contributed by atoms with Gasteiger partial charge < -0.3 is 5.11 Å². The van der Waals surface area contributed by atoms with Crippen molar-refractivity contribution in [1.82, 2.24) is 0 Å². The van der Waals surface area contributed by atoms with Gasteiger partial charge in [0.2, 0.25) is 0 Å². The van der Waals surface area contributed by atoms with E-state index in [9.17, 15) is 5.11 Å². The van der Waals surface area contributed by atoms with E-state index < -0.39 is 8.07 Å². The summed E-state index contributed by atoms with van der Waals surface area (Å²) >= 11 is 0. The molecule has 0 saturated heterocycles. The van der Waals surface area contributed by atoms with Gasteiger partial charge in [-0.15, -0.1) is 0 Å². The predicted octanol–water partition coefficient (Wildman–Crippen LogP) is 2.41. The molecule has 1 atom stereocenters. The lowest BCUT2D eigenvalue weighted by atomic mass is 10.4. The van der Waals surface area contributed by atoms with Crippen molar-refractivity contribution in [2.24, 2.45) is 0 Å². The zero-order chi connectivity index (χ0) is 8.20. The monoisotopic (exact) mass is 160 g/mol. The van der Waals surface area contributed by atoms with Gasteiger partial charge in [-0.2, -0.15) is 0 Å². The standard InChI is InChI=1S/C8H20OSi/c1-5-6-7-10(3,4)8(2)9/h8-9H,5-7H2,1-4H3. The SMILES string of the molecule is CCCC[Si](C)(C)C(C)O. The quantitative estimate of drug-likeness (QED) is 0.626. The molecule has 0 fully saturated rings. The molecule has 2 heteroatoms. The molecule has 0 aromatic heterocycles. The molecule has 0 aromatic rings. The van der Waals surface area contributed by atoms with Crippen LogP contribution in [0, 0.1) is 0 Å². The van der Waals surface area contributed by atoms with Crippen LogP contribution in [0.2, 0.25) is 19.1 Å². The van der Waals surface area contributed by atoms with Crippen molar-refractivity contribution in [2.45, 2.75) is 51.6 Å². The number of rotatable bonds is 4. The summed E-state index contributed by atoms with van der Waals surface area (Å²) in [6.45, 7) is 8.65. The summed E-state index contributed by atoms with van der Waals surface area (Å²) in [5.41, 5.74) is -0.0425. The lowest BCUT2D eigenvalue weighted by molar-refractivity contribution is 0.263. The molecule has 0 saturated carbocycles. The molecule has 0 rings (SSSR count). The second-order valence-electron chi connectivity index (χ2n) is 3.77. The Bertz CT molecular complexity index is 89.3. The Morgan fingerprint density at radius 1 is 1.40 bits per heavy atom. The predicted molar refractivity (Wildman–Crippen MR) is 48.9 cm³/mol. The number of unbranched alkanes of at least 4 members (excludes halogenated alkanes) is 1. The molecule has 0 aliphatic rings. The van der Waals surface area contributed by atoms with Gasteiger partial charge in [-0.3, -0.25) is 0 Å². The molecule has 10 heavy (non-hydrogen) atoms. The van der Waals surface area contributed by atoms with Crippen LogP contribution in [0.1, 0.15) is 26.7 Å². The Hall–Kier alpha value is 0.177. The highest BCUT2D eigenvalue weighted by Gasteiger charge is 2.25. The summed E-state index contributed by atoms with van der Waals surface area (Å²) in [5.74, 6) is 0. The smallest absolute Gasteiger partial charge is 0.0808 e. The van der Waals surface area contributed by atoms with Gasteiger partial charge in [-0.25, -0.2) is 0 Å². The van der Waals surface area contributed by atoms with Crippen LogP contribution in [0.15, 0.2) is 0 Å².